The van der Waals surface area contributed by atoms with Gasteiger partial charge in [0.05, 0.1) is 42.3 Å². The number of halogens is 3. The Morgan fingerprint density at radius 1 is 1.24 bits per heavy atom. The fraction of sp³-hybridized carbons (Fsp3) is 0.316. The first-order chi connectivity index (χ1) is 13.8. The number of ether oxygens (including phenoxy) is 2. The first kappa shape index (κ1) is 21.5. The predicted octanol–water partition coefficient (Wildman–Crippen LogP) is 3.04. The number of fused-ring (bicyclic) bond motifs is 1. The third-order valence-electron chi connectivity index (χ3n) is 4.57. The van der Waals surface area contributed by atoms with Crippen LogP contribution in [0.1, 0.15) is 10.8 Å². The Labute approximate surface area is 171 Å². The molecule has 0 saturated heterocycles. The molecule has 154 valence electrons. The lowest BCUT2D eigenvalue weighted by atomic mass is 9.91. The third kappa shape index (κ3) is 4.07. The smallest absolute Gasteiger partial charge is 0.186 e. The standard InChI is InChI=1S/C19H16ClF2NO5S/c20-11-1-3-12(4-2-11)29(25,26)19-13(16(9-23)27-8-7-24)10-28-18-15(22)6-5-14(21)17(18)19/h1-6,13,16,19,24H,7-8,10H2/t13?,16-,19+/m1/s1. The van der Waals surface area contributed by atoms with Crippen molar-refractivity contribution in [1.29, 1.82) is 5.26 Å². The Hall–Kier alpha value is -2.25. The van der Waals surface area contributed by atoms with E-state index in [0.29, 0.717) is 5.02 Å². The zero-order valence-electron chi connectivity index (χ0n) is 14.9. The molecule has 1 aliphatic heterocycles. The summed E-state index contributed by atoms with van der Waals surface area (Å²) in [7, 11) is -4.30. The predicted molar refractivity (Wildman–Crippen MR) is 99.2 cm³/mol. The second-order valence-corrected chi connectivity index (χ2v) is 8.82. The third-order valence-corrected chi connectivity index (χ3v) is 7.00. The monoisotopic (exact) mass is 443 g/mol. The normalized spacial score (nSPS) is 19.7. The molecule has 1 unspecified atom stereocenters. The topological polar surface area (TPSA) is 96.6 Å². The summed E-state index contributed by atoms with van der Waals surface area (Å²) in [5, 5.41) is 17.1. The van der Waals surface area contributed by atoms with Gasteiger partial charge in [-0.25, -0.2) is 17.2 Å². The van der Waals surface area contributed by atoms with Crippen LogP contribution >= 0.6 is 11.6 Å². The molecule has 1 aliphatic rings. The molecule has 0 fully saturated rings. The Balaban J connectivity index is 2.20. The average Bonchev–Trinajstić information content (AvgIpc) is 2.71. The second kappa shape index (κ2) is 8.63. The Kier molecular flexibility index (Phi) is 6.39. The van der Waals surface area contributed by atoms with E-state index in [0.717, 1.165) is 12.1 Å². The molecule has 1 N–H and O–H groups in total. The number of hydrogen-bond acceptors (Lipinski definition) is 6. The molecule has 6 nitrogen and oxygen atoms in total. The van der Waals surface area contributed by atoms with Gasteiger partial charge in [-0.05, 0) is 36.4 Å². The van der Waals surface area contributed by atoms with Crippen LogP contribution in [0.5, 0.6) is 5.75 Å². The van der Waals surface area contributed by atoms with Gasteiger partial charge in [-0.1, -0.05) is 11.6 Å². The number of nitriles is 1. The van der Waals surface area contributed by atoms with Crippen molar-refractivity contribution in [3.8, 4) is 11.8 Å². The summed E-state index contributed by atoms with van der Waals surface area (Å²) in [6.07, 6.45) is -1.34. The van der Waals surface area contributed by atoms with Crippen molar-refractivity contribution >= 4 is 21.4 Å². The highest BCUT2D eigenvalue weighted by atomic mass is 35.5. The lowest BCUT2D eigenvalue weighted by molar-refractivity contribution is 0.00629. The minimum Gasteiger partial charge on any atom is -0.490 e. The van der Waals surface area contributed by atoms with Crippen molar-refractivity contribution in [3.63, 3.8) is 0 Å². The molecule has 10 heteroatoms. The fourth-order valence-electron chi connectivity index (χ4n) is 3.28. The molecule has 3 rings (SSSR count). The quantitative estimate of drug-likeness (QED) is 0.737. The average molecular weight is 444 g/mol. The molecule has 0 aromatic heterocycles. The van der Waals surface area contributed by atoms with Gasteiger partial charge in [-0.2, -0.15) is 5.26 Å². The van der Waals surface area contributed by atoms with Crippen LogP contribution in [-0.4, -0.2) is 39.4 Å². The molecule has 2 aromatic rings. The van der Waals surface area contributed by atoms with Gasteiger partial charge in [0.15, 0.2) is 27.5 Å². The molecular weight excluding hydrogens is 428 g/mol. The number of benzene rings is 2. The highest BCUT2D eigenvalue weighted by Gasteiger charge is 2.47. The van der Waals surface area contributed by atoms with E-state index in [2.05, 4.69) is 0 Å². The molecule has 0 amide bonds. The maximum Gasteiger partial charge on any atom is 0.186 e. The Bertz CT molecular complexity index is 1040. The maximum absolute atomic E-state index is 14.7. The van der Waals surface area contributed by atoms with E-state index in [1.54, 1.807) is 0 Å². The number of sulfone groups is 1. The van der Waals surface area contributed by atoms with Crippen molar-refractivity contribution < 1.29 is 31.8 Å². The Morgan fingerprint density at radius 3 is 2.52 bits per heavy atom. The van der Waals surface area contributed by atoms with Gasteiger partial charge in [0.1, 0.15) is 11.1 Å². The first-order valence-corrected chi connectivity index (χ1v) is 10.5. The van der Waals surface area contributed by atoms with Gasteiger partial charge >= 0.3 is 0 Å². The zero-order chi connectivity index (χ0) is 21.2. The number of rotatable bonds is 6. The minimum absolute atomic E-state index is 0.174. The van der Waals surface area contributed by atoms with E-state index in [9.17, 15) is 22.5 Å². The van der Waals surface area contributed by atoms with Crippen molar-refractivity contribution in [3.05, 3.63) is 58.6 Å². The fourth-order valence-corrected chi connectivity index (χ4v) is 5.43. The summed E-state index contributed by atoms with van der Waals surface area (Å²) in [6, 6.07) is 8.67. The van der Waals surface area contributed by atoms with Crippen LogP contribution in [-0.2, 0) is 14.6 Å². The van der Waals surface area contributed by atoms with Crippen molar-refractivity contribution in [1.82, 2.24) is 0 Å². The van der Waals surface area contributed by atoms with Gasteiger partial charge in [-0.15, -0.1) is 0 Å². The molecule has 1 heterocycles. The van der Waals surface area contributed by atoms with Crippen molar-refractivity contribution in [2.45, 2.75) is 16.2 Å². The van der Waals surface area contributed by atoms with Crippen molar-refractivity contribution in [2.24, 2.45) is 5.92 Å². The number of aliphatic hydroxyl groups is 1. The van der Waals surface area contributed by atoms with E-state index in [4.69, 9.17) is 26.2 Å². The summed E-state index contributed by atoms with van der Waals surface area (Å²) in [5.41, 5.74) is -0.496. The lowest BCUT2D eigenvalue weighted by Gasteiger charge is -2.35. The van der Waals surface area contributed by atoms with Crippen LogP contribution in [0.25, 0.3) is 0 Å². The van der Waals surface area contributed by atoms with E-state index < -0.39 is 63.3 Å². The van der Waals surface area contributed by atoms with E-state index in [1.165, 1.54) is 24.3 Å². The summed E-state index contributed by atoms with van der Waals surface area (Å²) in [6.45, 7) is -1.03. The van der Waals surface area contributed by atoms with Gasteiger partial charge in [0, 0.05) is 5.02 Å². The molecule has 3 atom stereocenters. The highest BCUT2D eigenvalue weighted by molar-refractivity contribution is 7.91. The summed E-state index contributed by atoms with van der Waals surface area (Å²) < 4.78 is 66.4. The van der Waals surface area contributed by atoms with E-state index in [1.807, 2.05) is 6.07 Å². The largest absolute Gasteiger partial charge is 0.490 e. The molecular formula is C19H16ClF2NO5S. The van der Waals surface area contributed by atoms with E-state index in [-0.39, 0.29) is 11.5 Å². The molecule has 0 bridgehead atoms. The van der Waals surface area contributed by atoms with Crippen LogP contribution in [0.15, 0.2) is 41.3 Å². The lowest BCUT2D eigenvalue weighted by Crippen LogP contribution is -2.40. The molecule has 2 aromatic carbocycles. The van der Waals surface area contributed by atoms with E-state index >= 15 is 0 Å². The first-order valence-electron chi connectivity index (χ1n) is 8.53. The molecule has 29 heavy (non-hydrogen) atoms. The molecule has 0 spiro atoms. The molecule has 0 aliphatic carbocycles. The summed E-state index contributed by atoms with van der Waals surface area (Å²) >= 11 is 5.82. The van der Waals surface area contributed by atoms with Gasteiger partial charge in [0.25, 0.3) is 0 Å². The second-order valence-electron chi connectivity index (χ2n) is 6.31. The van der Waals surface area contributed by atoms with Crippen LogP contribution in [0.3, 0.4) is 0 Å². The van der Waals surface area contributed by atoms with Gasteiger partial charge < -0.3 is 14.6 Å². The minimum atomic E-state index is -4.30. The Morgan fingerprint density at radius 2 is 1.90 bits per heavy atom. The van der Waals surface area contributed by atoms with Crippen LogP contribution < -0.4 is 4.74 Å². The van der Waals surface area contributed by atoms with Crippen molar-refractivity contribution in [2.75, 3.05) is 19.8 Å². The zero-order valence-corrected chi connectivity index (χ0v) is 16.5. The van der Waals surface area contributed by atoms with Gasteiger partial charge in [0.2, 0.25) is 0 Å². The number of hydrogen-bond donors (Lipinski definition) is 1. The van der Waals surface area contributed by atoms with Crippen LogP contribution in [0, 0.1) is 28.9 Å². The van der Waals surface area contributed by atoms with Gasteiger partial charge in [-0.3, -0.25) is 0 Å². The van der Waals surface area contributed by atoms with Crippen LogP contribution in [0.2, 0.25) is 5.02 Å². The summed E-state index contributed by atoms with van der Waals surface area (Å²) in [5.74, 6) is -3.58. The maximum atomic E-state index is 14.7. The van der Waals surface area contributed by atoms with Crippen LogP contribution in [0.4, 0.5) is 8.78 Å². The molecule has 0 saturated carbocycles. The number of nitrogens with zero attached hydrogens (tertiary/aromatic N) is 1. The highest BCUT2D eigenvalue weighted by Crippen LogP contribution is 2.47. The SMILES string of the molecule is N#C[C@@H](OCCO)C1COc2c(F)ccc(F)c2[C@H]1S(=O)(=O)c1ccc(Cl)cc1. The number of aliphatic hydroxyl groups excluding tert-OH is 1. The summed E-state index contributed by atoms with van der Waals surface area (Å²) in [4.78, 5) is -0.174. The molecule has 0 radical (unpaired) electrons.